The molecule has 2 rings (SSSR count). The second-order valence-electron chi connectivity index (χ2n) is 5.90. The third kappa shape index (κ3) is 1.83. The minimum Gasteiger partial charge on any atom is -0.455 e. The number of esters is 2. The van der Waals surface area contributed by atoms with Gasteiger partial charge in [-0.15, -0.1) is 0 Å². The van der Waals surface area contributed by atoms with Crippen LogP contribution in [0.1, 0.15) is 47.0 Å². The summed E-state index contributed by atoms with van der Waals surface area (Å²) in [5, 5.41) is 0. The van der Waals surface area contributed by atoms with E-state index in [0.29, 0.717) is 12.8 Å². The van der Waals surface area contributed by atoms with Gasteiger partial charge in [-0.05, 0) is 26.7 Å². The molecule has 2 aliphatic rings. The highest BCUT2D eigenvalue weighted by Gasteiger charge is 2.60. The van der Waals surface area contributed by atoms with E-state index in [1.54, 1.807) is 13.8 Å². The van der Waals surface area contributed by atoms with Crippen molar-refractivity contribution < 1.29 is 19.1 Å². The summed E-state index contributed by atoms with van der Waals surface area (Å²) in [7, 11) is 0. The molecule has 0 N–H and O–H groups in total. The highest BCUT2D eigenvalue weighted by atomic mass is 16.6. The molecule has 0 amide bonds. The fraction of sp³-hybridized carbons (Fsp3) is 0.846. The quantitative estimate of drug-likeness (QED) is 0.693. The third-order valence-corrected chi connectivity index (χ3v) is 4.18. The van der Waals surface area contributed by atoms with Crippen LogP contribution in [0, 0.1) is 11.8 Å². The standard InChI is InChI=1S/C13H20O4/c1-8(2)10(14)16-12(3)6-5-9-7-13(12,4)17-11(9)15/h8-9H,5-7H2,1-4H3. The molecule has 0 aromatic heterocycles. The number of hydrogen-bond donors (Lipinski definition) is 0. The number of rotatable bonds is 2. The van der Waals surface area contributed by atoms with E-state index in [1.807, 2.05) is 13.8 Å². The minimum absolute atomic E-state index is 0.00849. The van der Waals surface area contributed by atoms with Crippen LogP contribution >= 0.6 is 0 Å². The third-order valence-electron chi connectivity index (χ3n) is 4.18. The van der Waals surface area contributed by atoms with Crippen molar-refractivity contribution in [3.8, 4) is 0 Å². The summed E-state index contributed by atoms with van der Waals surface area (Å²) in [6.45, 7) is 7.36. The predicted octanol–water partition coefficient (Wildman–Crippen LogP) is 2.06. The summed E-state index contributed by atoms with van der Waals surface area (Å²) in [4.78, 5) is 23.4. The van der Waals surface area contributed by atoms with Crippen LogP contribution in [0.15, 0.2) is 0 Å². The second kappa shape index (κ2) is 3.72. The summed E-state index contributed by atoms with van der Waals surface area (Å²) >= 11 is 0. The van der Waals surface area contributed by atoms with Gasteiger partial charge >= 0.3 is 11.9 Å². The van der Waals surface area contributed by atoms with Gasteiger partial charge in [-0.2, -0.15) is 0 Å². The molecule has 17 heavy (non-hydrogen) atoms. The van der Waals surface area contributed by atoms with Gasteiger partial charge < -0.3 is 9.47 Å². The lowest BCUT2D eigenvalue weighted by molar-refractivity contribution is -0.200. The maximum Gasteiger partial charge on any atom is 0.309 e. The zero-order valence-corrected chi connectivity index (χ0v) is 10.9. The molecule has 1 aliphatic heterocycles. The molecular formula is C13H20O4. The van der Waals surface area contributed by atoms with E-state index in [1.165, 1.54) is 0 Å². The van der Waals surface area contributed by atoms with Crippen molar-refractivity contribution >= 4 is 11.9 Å². The Morgan fingerprint density at radius 1 is 1.47 bits per heavy atom. The fourth-order valence-corrected chi connectivity index (χ4v) is 2.66. The van der Waals surface area contributed by atoms with E-state index < -0.39 is 11.2 Å². The smallest absolute Gasteiger partial charge is 0.309 e. The highest BCUT2D eigenvalue weighted by molar-refractivity contribution is 5.77. The van der Waals surface area contributed by atoms with E-state index in [-0.39, 0.29) is 23.8 Å². The summed E-state index contributed by atoms with van der Waals surface area (Å²) < 4.78 is 11.1. The largest absolute Gasteiger partial charge is 0.455 e. The predicted molar refractivity (Wildman–Crippen MR) is 61.2 cm³/mol. The molecule has 96 valence electrons. The lowest BCUT2D eigenvalue weighted by Gasteiger charge is -2.44. The molecule has 0 spiro atoms. The van der Waals surface area contributed by atoms with Gasteiger partial charge in [-0.3, -0.25) is 9.59 Å². The fourth-order valence-electron chi connectivity index (χ4n) is 2.66. The molecule has 4 heteroatoms. The van der Waals surface area contributed by atoms with E-state index in [4.69, 9.17) is 9.47 Å². The molecule has 3 atom stereocenters. The van der Waals surface area contributed by atoms with E-state index in [9.17, 15) is 9.59 Å². The van der Waals surface area contributed by atoms with Gasteiger partial charge in [0.25, 0.3) is 0 Å². The van der Waals surface area contributed by atoms with E-state index >= 15 is 0 Å². The van der Waals surface area contributed by atoms with Crippen molar-refractivity contribution in [1.29, 1.82) is 0 Å². The average Bonchev–Trinajstić information content (AvgIpc) is 2.47. The molecule has 2 fully saturated rings. The maximum atomic E-state index is 11.8. The lowest BCUT2D eigenvalue weighted by atomic mass is 9.71. The number of ether oxygens (including phenoxy) is 2. The van der Waals surface area contributed by atoms with Crippen molar-refractivity contribution in [2.75, 3.05) is 0 Å². The first-order valence-corrected chi connectivity index (χ1v) is 6.23. The van der Waals surface area contributed by atoms with Crippen molar-refractivity contribution in [2.45, 2.75) is 58.2 Å². The van der Waals surface area contributed by atoms with Gasteiger partial charge in [-0.25, -0.2) is 0 Å². The number of hydrogen-bond acceptors (Lipinski definition) is 4. The Balaban J connectivity index is 2.20. The van der Waals surface area contributed by atoms with Crippen LogP contribution in [-0.2, 0) is 19.1 Å². The minimum atomic E-state index is -0.684. The molecule has 2 bridgehead atoms. The van der Waals surface area contributed by atoms with Crippen LogP contribution in [0.2, 0.25) is 0 Å². The summed E-state index contributed by atoms with van der Waals surface area (Å²) in [5.74, 6) is -0.539. The van der Waals surface area contributed by atoms with Gasteiger partial charge in [0.1, 0.15) is 11.2 Å². The van der Waals surface area contributed by atoms with Crippen LogP contribution in [0.3, 0.4) is 0 Å². The van der Waals surface area contributed by atoms with Crippen molar-refractivity contribution in [3.05, 3.63) is 0 Å². The number of carbonyl (C=O) groups excluding carboxylic acids is 2. The topological polar surface area (TPSA) is 52.6 Å². The Morgan fingerprint density at radius 3 is 2.71 bits per heavy atom. The molecular weight excluding hydrogens is 220 g/mol. The van der Waals surface area contributed by atoms with Gasteiger partial charge in [0, 0.05) is 6.42 Å². The maximum absolute atomic E-state index is 11.8. The van der Waals surface area contributed by atoms with Crippen LogP contribution in [0.25, 0.3) is 0 Å². The van der Waals surface area contributed by atoms with Crippen molar-refractivity contribution in [2.24, 2.45) is 11.8 Å². The van der Waals surface area contributed by atoms with Crippen LogP contribution in [0.4, 0.5) is 0 Å². The first-order valence-electron chi connectivity index (χ1n) is 6.23. The molecule has 1 saturated carbocycles. The lowest BCUT2D eigenvalue weighted by Crippen LogP contribution is -2.54. The molecule has 1 heterocycles. The van der Waals surface area contributed by atoms with Crippen LogP contribution in [0.5, 0.6) is 0 Å². The van der Waals surface area contributed by atoms with Gasteiger partial charge in [-0.1, -0.05) is 13.8 Å². The summed E-state index contributed by atoms with van der Waals surface area (Å²) in [5.41, 5.74) is -1.34. The SMILES string of the molecule is CC(C)C(=O)OC1(C)CCC2CC1(C)OC2=O. The monoisotopic (exact) mass is 240 g/mol. The Morgan fingerprint density at radius 2 is 2.12 bits per heavy atom. The molecule has 1 saturated heterocycles. The molecule has 4 nitrogen and oxygen atoms in total. The Hall–Kier alpha value is -1.06. The molecule has 1 aliphatic carbocycles. The van der Waals surface area contributed by atoms with Gasteiger partial charge in [0.05, 0.1) is 11.8 Å². The first-order chi connectivity index (χ1) is 7.77. The average molecular weight is 240 g/mol. The van der Waals surface area contributed by atoms with Crippen LogP contribution in [-0.4, -0.2) is 23.1 Å². The zero-order chi connectivity index (χ0) is 12.8. The van der Waals surface area contributed by atoms with Gasteiger partial charge in [0.15, 0.2) is 0 Å². The van der Waals surface area contributed by atoms with Crippen molar-refractivity contribution in [3.63, 3.8) is 0 Å². The Bertz CT molecular complexity index is 362. The summed E-state index contributed by atoms with van der Waals surface area (Å²) in [6, 6.07) is 0. The second-order valence-corrected chi connectivity index (χ2v) is 5.90. The van der Waals surface area contributed by atoms with E-state index in [0.717, 1.165) is 6.42 Å². The normalized spacial score (nSPS) is 40.3. The molecule has 0 aromatic rings. The zero-order valence-electron chi connectivity index (χ0n) is 10.9. The number of carbonyl (C=O) groups is 2. The van der Waals surface area contributed by atoms with Crippen LogP contribution < -0.4 is 0 Å². The van der Waals surface area contributed by atoms with Gasteiger partial charge in [0.2, 0.25) is 0 Å². The van der Waals surface area contributed by atoms with Crippen molar-refractivity contribution in [1.82, 2.24) is 0 Å². The Labute approximate surface area is 102 Å². The molecule has 0 aromatic carbocycles. The highest BCUT2D eigenvalue weighted by Crippen LogP contribution is 2.50. The Kier molecular flexibility index (Phi) is 2.71. The molecule has 0 radical (unpaired) electrons. The number of fused-ring (bicyclic) bond motifs is 2. The first kappa shape index (κ1) is 12.4. The summed E-state index contributed by atoms with van der Waals surface area (Å²) in [6.07, 6.45) is 2.10. The molecule has 3 unspecified atom stereocenters. The van der Waals surface area contributed by atoms with E-state index in [2.05, 4.69) is 0 Å².